The van der Waals surface area contributed by atoms with Gasteiger partial charge in [0.25, 0.3) is 0 Å². The highest BCUT2D eigenvalue weighted by Gasteiger charge is 2.33. The molecule has 2 rings (SSSR count). The lowest BCUT2D eigenvalue weighted by Gasteiger charge is -2.46. The third-order valence-electron chi connectivity index (χ3n) is 3.83. The van der Waals surface area contributed by atoms with Crippen molar-refractivity contribution in [3.8, 4) is 0 Å². The highest BCUT2D eigenvalue weighted by Crippen LogP contribution is 2.24. The van der Waals surface area contributed by atoms with E-state index in [1.54, 1.807) is 11.3 Å². The molecule has 2 heterocycles. The van der Waals surface area contributed by atoms with E-state index in [-0.39, 0.29) is 5.54 Å². The minimum absolute atomic E-state index is 0.259. The summed E-state index contributed by atoms with van der Waals surface area (Å²) in [6, 6.07) is 2.90. The van der Waals surface area contributed by atoms with Gasteiger partial charge in [0.1, 0.15) is 0 Å². The minimum Gasteiger partial charge on any atom is -0.311 e. The molecule has 0 aromatic carbocycles. The summed E-state index contributed by atoms with van der Waals surface area (Å²) >= 11 is 1.80. The first kappa shape index (κ1) is 14.0. The molecule has 0 aliphatic carbocycles. The van der Waals surface area contributed by atoms with Crippen LogP contribution in [-0.2, 0) is 6.54 Å². The first-order chi connectivity index (χ1) is 8.47. The van der Waals surface area contributed by atoms with Gasteiger partial charge in [-0.05, 0) is 48.6 Å². The van der Waals surface area contributed by atoms with Crippen LogP contribution in [0.1, 0.15) is 39.7 Å². The Morgan fingerprint density at radius 1 is 1.50 bits per heavy atom. The van der Waals surface area contributed by atoms with E-state index >= 15 is 0 Å². The average Bonchev–Trinajstić information content (AvgIpc) is 2.75. The zero-order chi connectivity index (χ0) is 13.2. The van der Waals surface area contributed by atoms with E-state index in [1.807, 2.05) is 0 Å². The van der Waals surface area contributed by atoms with E-state index in [0.717, 1.165) is 19.0 Å². The highest BCUT2D eigenvalue weighted by molar-refractivity contribution is 7.07. The summed E-state index contributed by atoms with van der Waals surface area (Å²) < 4.78 is 0. The van der Waals surface area contributed by atoms with E-state index in [4.69, 9.17) is 0 Å². The Balaban J connectivity index is 1.99. The van der Waals surface area contributed by atoms with Crippen LogP contribution in [0.2, 0.25) is 0 Å². The predicted octanol–water partition coefficient (Wildman–Crippen LogP) is 3.35. The van der Waals surface area contributed by atoms with Crippen molar-refractivity contribution in [2.75, 3.05) is 13.1 Å². The maximum Gasteiger partial charge on any atom is 0.0281 e. The van der Waals surface area contributed by atoms with E-state index < -0.39 is 0 Å². The molecule has 1 aromatic rings. The molecule has 1 aliphatic rings. The standard InChI is InChI=1S/C15H26N2S/c1-12(2)7-14-9-17(15(3,4)11-16-14)8-13-5-6-18-10-13/h5-6,10,12,14,16H,7-9,11H2,1-4H3. The largest absolute Gasteiger partial charge is 0.311 e. The van der Waals surface area contributed by atoms with E-state index in [0.29, 0.717) is 6.04 Å². The van der Waals surface area contributed by atoms with Gasteiger partial charge in [0, 0.05) is 31.2 Å². The van der Waals surface area contributed by atoms with Gasteiger partial charge >= 0.3 is 0 Å². The maximum absolute atomic E-state index is 3.71. The fraction of sp³-hybridized carbons (Fsp3) is 0.733. The average molecular weight is 266 g/mol. The normalized spacial score (nSPS) is 24.6. The summed E-state index contributed by atoms with van der Waals surface area (Å²) in [5.74, 6) is 0.770. The predicted molar refractivity (Wildman–Crippen MR) is 80.1 cm³/mol. The van der Waals surface area contributed by atoms with Crippen molar-refractivity contribution in [1.29, 1.82) is 0 Å². The highest BCUT2D eigenvalue weighted by atomic mass is 32.1. The molecular formula is C15H26N2S. The van der Waals surface area contributed by atoms with Crippen molar-refractivity contribution in [2.24, 2.45) is 5.92 Å². The maximum atomic E-state index is 3.71. The molecule has 102 valence electrons. The molecule has 0 saturated carbocycles. The lowest BCUT2D eigenvalue weighted by Crippen LogP contribution is -2.61. The second kappa shape index (κ2) is 5.72. The van der Waals surface area contributed by atoms with Crippen molar-refractivity contribution >= 4 is 11.3 Å². The van der Waals surface area contributed by atoms with Crippen LogP contribution in [0.25, 0.3) is 0 Å². The number of rotatable bonds is 4. The lowest BCUT2D eigenvalue weighted by atomic mass is 9.93. The summed E-state index contributed by atoms with van der Waals surface area (Å²) in [5, 5.41) is 8.16. The van der Waals surface area contributed by atoms with Gasteiger partial charge in [0.15, 0.2) is 0 Å². The number of thiophene rings is 1. The Labute approximate surface area is 115 Å². The molecule has 0 bridgehead atoms. The summed E-state index contributed by atoms with van der Waals surface area (Å²) in [4.78, 5) is 2.64. The fourth-order valence-corrected chi connectivity index (χ4v) is 3.35. The Morgan fingerprint density at radius 2 is 2.28 bits per heavy atom. The molecular weight excluding hydrogens is 240 g/mol. The summed E-state index contributed by atoms with van der Waals surface area (Å²) in [6.45, 7) is 12.7. The Hall–Kier alpha value is -0.380. The van der Waals surface area contributed by atoms with Crippen LogP contribution in [0.15, 0.2) is 16.8 Å². The molecule has 0 amide bonds. The van der Waals surface area contributed by atoms with Gasteiger partial charge in [0.05, 0.1) is 0 Å². The van der Waals surface area contributed by atoms with E-state index in [1.165, 1.54) is 18.5 Å². The van der Waals surface area contributed by atoms with Crippen LogP contribution >= 0.6 is 11.3 Å². The van der Waals surface area contributed by atoms with Crippen LogP contribution < -0.4 is 5.32 Å². The van der Waals surface area contributed by atoms with Gasteiger partial charge in [-0.2, -0.15) is 11.3 Å². The summed E-state index contributed by atoms with van der Waals surface area (Å²) in [5.41, 5.74) is 1.72. The SMILES string of the molecule is CC(C)CC1CN(Cc2ccsc2)C(C)(C)CN1. The molecule has 3 heteroatoms. The third kappa shape index (κ3) is 3.56. The van der Waals surface area contributed by atoms with Crippen LogP contribution in [0.5, 0.6) is 0 Å². The topological polar surface area (TPSA) is 15.3 Å². The quantitative estimate of drug-likeness (QED) is 0.899. The van der Waals surface area contributed by atoms with Crippen LogP contribution in [0.4, 0.5) is 0 Å². The molecule has 2 nitrogen and oxygen atoms in total. The van der Waals surface area contributed by atoms with Gasteiger partial charge in [-0.25, -0.2) is 0 Å². The molecule has 0 radical (unpaired) electrons. The summed E-state index contributed by atoms with van der Waals surface area (Å²) in [6.07, 6.45) is 1.27. The van der Waals surface area contributed by atoms with Gasteiger partial charge in [0.2, 0.25) is 0 Å². The zero-order valence-corrected chi connectivity index (χ0v) is 12.9. The number of piperazine rings is 1. The molecule has 18 heavy (non-hydrogen) atoms. The van der Waals surface area contributed by atoms with Crippen molar-refractivity contribution in [1.82, 2.24) is 10.2 Å². The second-order valence-electron chi connectivity index (χ2n) is 6.53. The Kier molecular flexibility index (Phi) is 4.46. The fourth-order valence-electron chi connectivity index (χ4n) is 2.69. The number of hydrogen-bond donors (Lipinski definition) is 1. The zero-order valence-electron chi connectivity index (χ0n) is 12.1. The Morgan fingerprint density at radius 3 is 2.89 bits per heavy atom. The number of nitrogens with one attached hydrogen (secondary N) is 1. The molecule has 1 unspecified atom stereocenters. The minimum atomic E-state index is 0.259. The van der Waals surface area contributed by atoms with Crippen molar-refractivity contribution in [2.45, 2.75) is 52.2 Å². The van der Waals surface area contributed by atoms with Gasteiger partial charge in [-0.3, -0.25) is 4.90 Å². The third-order valence-corrected chi connectivity index (χ3v) is 4.56. The molecule has 1 atom stereocenters. The number of nitrogens with zero attached hydrogens (tertiary/aromatic N) is 1. The van der Waals surface area contributed by atoms with Crippen molar-refractivity contribution < 1.29 is 0 Å². The second-order valence-corrected chi connectivity index (χ2v) is 7.31. The molecule has 1 aromatic heterocycles. The van der Waals surface area contributed by atoms with Crippen molar-refractivity contribution in [3.05, 3.63) is 22.4 Å². The molecule has 1 aliphatic heterocycles. The first-order valence-corrected chi connectivity index (χ1v) is 7.91. The molecule has 1 saturated heterocycles. The van der Waals surface area contributed by atoms with Crippen LogP contribution in [0.3, 0.4) is 0 Å². The van der Waals surface area contributed by atoms with E-state index in [2.05, 4.69) is 54.7 Å². The van der Waals surface area contributed by atoms with Gasteiger partial charge in [-0.15, -0.1) is 0 Å². The van der Waals surface area contributed by atoms with Gasteiger partial charge in [-0.1, -0.05) is 13.8 Å². The lowest BCUT2D eigenvalue weighted by molar-refractivity contribution is 0.0537. The van der Waals surface area contributed by atoms with Gasteiger partial charge < -0.3 is 5.32 Å². The summed E-state index contributed by atoms with van der Waals surface area (Å²) in [7, 11) is 0. The number of hydrogen-bond acceptors (Lipinski definition) is 3. The first-order valence-electron chi connectivity index (χ1n) is 6.97. The van der Waals surface area contributed by atoms with Crippen LogP contribution in [-0.4, -0.2) is 29.6 Å². The molecule has 1 N–H and O–H groups in total. The molecule has 1 fully saturated rings. The van der Waals surface area contributed by atoms with Crippen LogP contribution in [0, 0.1) is 5.92 Å². The molecule has 0 spiro atoms. The van der Waals surface area contributed by atoms with E-state index in [9.17, 15) is 0 Å². The smallest absolute Gasteiger partial charge is 0.0281 e. The van der Waals surface area contributed by atoms with Crippen molar-refractivity contribution in [3.63, 3.8) is 0 Å². The Bertz CT molecular complexity index is 357. The monoisotopic (exact) mass is 266 g/mol.